The van der Waals surface area contributed by atoms with Crippen molar-refractivity contribution in [3.63, 3.8) is 0 Å². The summed E-state index contributed by atoms with van der Waals surface area (Å²) in [6.45, 7) is 0. The van der Waals surface area contributed by atoms with E-state index in [1.54, 1.807) is 0 Å². The van der Waals surface area contributed by atoms with E-state index in [2.05, 4.69) is 0 Å². The zero-order valence-electron chi connectivity index (χ0n) is 4.05. The van der Waals surface area contributed by atoms with Gasteiger partial charge in [-0.3, -0.25) is 0 Å². The third-order valence-electron chi connectivity index (χ3n) is 0. The van der Waals surface area contributed by atoms with Crippen LogP contribution in [0.1, 0.15) is 0 Å². The van der Waals surface area contributed by atoms with Gasteiger partial charge >= 0.3 is 0 Å². The first-order valence-electron chi connectivity index (χ1n) is 0.717. The molecule has 0 amide bonds. The molecule has 0 rings (SSSR count). The molecular formula is H8FN2O3P. The van der Waals surface area contributed by atoms with Crippen LogP contribution in [0.3, 0.4) is 0 Å². The number of hydrogen-bond donors (Lipinski definition) is 2. The van der Waals surface area contributed by atoms with Crippen molar-refractivity contribution in [2.75, 3.05) is 0 Å². The van der Waals surface area contributed by atoms with Crippen LogP contribution in [0.4, 0.5) is 4.20 Å². The molecule has 0 saturated carbocycles. The van der Waals surface area contributed by atoms with E-state index >= 15 is 0 Å². The summed E-state index contributed by atoms with van der Waals surface area (Å²) in [5.41, 5.74) is 0. The first kappa shape index (κ1) is 15.8. The highest BCUT2D eigenvalue weighted by Gasteiger charge is 1.69. The molecule has 0 aliphatic heterocycles. The molecule has 0 atom stereocenters. The lowest BCUT2D eigenvalue weighted by atomic mass is 14.0. The Morgan fingerprint density at radius 1 is 1.29 bits per heavy atom. The highest BCUT2D eigenvalue weighted by Crippen LogP contribution is 2.22. The van der Waals surface area contributed by atoms with Crippen LogP contribution in [0.25, 0.3) is 0 Å². The summed E-state index contributed by atoms with van der Waals surface area (Å²) in [5, 5.41) is 0. The van der Waals surface area contributed by atoms with Crippen LogP contribution in [0.5, 0.6) is 0 Å². The standard InChI is InChI=1S/FH2O3P.2H3N/c1-5(2,3)4;;/h(H2,2,3,4);2*1H3. The Morgan fingerprint density at radius 3 is 1.29 bits per heavy atom. The average molecular weight is 134 g/mol. The number of quaternary nitrogens is 2. The summed E-state index contributed by atoms with van der Waals surface area (Å²) in [4.78, 5) is 16.9. The van der Waals surface area contributed by atoms with Gasteiger partial charge in [-0.2, -0.15) is 0 Å². The Morgan fingerprint density at radius 2 is 1.29 bits per heavy atom. The molecule has 8 N–H and O–H groups in total. The Bertz CT molecular complexity index is 59.1. The number of rotatable bonds is 0. The summed E-state index contributed by atoms with van der Waals surface area (Å²) >= 11 is 0. The van der Waals surface area contributed by atoms with E-state index in [-0.39, 0.29) is 12.3 Å². The van der Waals surface area contributed by atoms with Crippen molar-refractivity contribution >= 4 is 7.91 Å². The van der Waals surface area contributed by atoms with E-state index in [9.17, 15) is 4.20 Å². The molecule has 0 fully saturated rings. The van der Waals surface area contributed by atoms with E-state index in [0.717, 1.165) is 0 Å². The van der Waals surface area contributed by atoms with Gasteiger partial charge in [-0.15, -0.1) is 0 Å². The maximum Gasteiger partial charge on any atom is 0.110 e. The fourth-order valence-electron chi connectivity index (χ4n) is 0. The molecule has 0 aromatic rings. The second kappa shape index (κ2) is 4.17. The van der Waals surface area contributed by atoms with E-state index < -0.39 is 7.91 Å². The summed E-state index contributed by atoms with van der Waals surface area (Å²) in [6, 6.07) is 0. The molecular weight excluding hydrogens is 126 g/mol. The van der Waals surface area contributed by atoms with Crippen LogP contribution < -0.4 is 22.1 Å². The maximum absolute atomic E-state index is 10.1. The SMILES string of the molecule is O=P([O-])([O-])F.[NH4+].[NH4+]. The molecule has 0 radical (unpaired) electrons. The second-order valence-corrected chi connectivity index (χ2v) is 1.29. The Balaban J connectivity index is -0.0000000800. The highest BCUT2D eigenvalue weighted by atomic mass is 31.2. The lowest BCUT2D eigenvalue weighted by Crippen LogP contribution is -2.07. The molecule has 0 heterocycles. The van der Waals surface area contributed by atoms with Gasteiger partial charge in [0, 0.05) is 0 Å². The first-order valence-corrected chi connectivity index (χ1v) is 2.15. The first-order chi connectivity index (χ1) is 2.00. The van der Waals surface area contributed by atoms with Gasteiger partial charge in [0.2, 0.25) is 0 Å². The molecule has 0 unspecified atom stereocenters. The summed E-state index contributed by atoms with van der Waals surface area (Å²) in [7, 11) is -5.64. The Hall–Kier alpha value is -0.0000000000000000416. The molecule has 7 heteroatoms. The fraction of sp³-hybridized carbons (Fsp3) is 0. The van der Waals surface area contributed by atoms with Crippen molar-refractivity contribution in [1.29, 1.82) is 0 Å². The van der Waals surface area contributed by atoms with Gasteiger partial charge in [0.25, 0.3) is 0 Å². The van der Waals surface area contributed by atoms with Gasteiger partial charge in [0.1, 0.15) is 7.91 Å². The molecule has 5 nitrogen and oxygen atoms in total. The molecule has 48 valence electrons. The van der Waals surface area contributed by atoms with Crippen molar-refractivity contribution in [3.8, 4) is 0 Å². The van der Waals surface area contributed by atoms with Crippen molar-refractivity contribution in [1.82, 2.24) is 12.3 Å². The van der Waals surface area contributed by atoms with Crippen molar-refractivity contribution in [2.24, 2.45) is 0 Å². The number of halogens is 1. The third kappa shape index (κ3) is 55400000000000004017688974783938560. The zero-order chi connectivity index (χ0) is 4.50. The maximum atomic E-state index is 10.1. The number of hydrogen-bond acceptors (Lipinski definition) is 3. The molecule has 0 aromatic carbocycles. The normalized spacial score (nSPS) is 8.43. The summed E-state index contributed by atoms with van der Waals surface area (Å²) in [5.74, 6) is 0. The van der Waals surface area contributed by atoms with Gasteiger partial charge in [-0.1, -0.05) is 0 Å². The summed E-state index contributed by atoms with van der Waals surface area (Å²) in [6.07, 6.45) is 0. The van der Waals surface area contributed by atoms with Crippen molar-refractivity contribution in [3.05, 3.63) is 0 Å². The molecule has 0 bridgehead atoms. The molecule has 0 aliphatic rings. The third-order valence-corrected chi connectivity index (χ3v) is 0. The van der Waals surface area contributed by atoms with Gasteiger partial charge in [0.15, 0.2) is 0 Å². The monoisotopic (exact) mass is 134 g/mol. The minimum Gasteiger partial charge on any atom is -0.786 e. The van der Waals surface area contributed by atoms with E-state index in [4.69, 9.17) is 14.4 Å². The van der Waals surface area contributed by atoms with Crippen LogP contribution in [0.2, 0.25) is 0 Å². The van der Waals surface area contributed by atoms with Crippen LogP contribution >= 0.6 is 7.91 Å². The van der Waals surface area contributed by atoms with Gasteiger partial charge < -0.3 is 26.7 Å². The zero-order valence-corrected chi connectivity index (χ0v) is 4.94. The van der Waals surface area contributed by atoms with Gasteiger partial charge in [0.05, 0.1) is 0 Å². The molecule has 0 aromatic heterocycles. The highest BCUT2D eigenvalue weighted by molar-refractivity contribution is 7.42. The smallest absolute Gasteiger partial charge is 0.110 e. The van der Waals surface area contributed by atoms with Crippen molar-refractivity contribution < 1.29 is 18.5 Å². The van der Waals surface area contributed by atoms with Crippen LogP contribution in [-0.4, -0.2) is 0 Å². The molecule has 0 spiro atoms. The lowest BCUT2D eigenvalue weighted by Gasteiger charge is -2.15. The largest absolute Gasteiger partial charge is 0.786 e. The minimum atomic E-state index is -5.64. The quantitative estimate of drug-likeness (QED) is 0.433. The lowest BCUT2D eigenvalue weighted by molar-refractivity contribution is -0.328. The molecule has 0 aliphatic carbocycles. The predicted molar refractivity (Wildman–Crippen MR) is 20.7 cm³/mol. The van der Waals surface area contributed by atoms with Crippen LogP contribution in [0, 0.1) is 0 Å². The minimum absolute atomic E-state index is 0. The summed E-state index contributed by atoms with van der Waals surface area (Å²) < 4.78 is 18.6. The van der Waals surface area contributed by atoms with Gasteiger partial charge in [-0.25, -0.2) is 4.20 Å². The topological polar surface area (TPSA) is 136 Å². The molecule has 7 heavy (non-hydrogen) atoms. The Labute approximate surface area is 40.0 Å². The predicted octanol–water partition coefficient (Wildman–Crippen LogP) is -0.463. The van der Waals surface area contributed by atoms with E-state index in [1.165, 1.54) is 0 Å². The van der Waals surface area contributed by atoms with Gasteiger partial charge in [-0.05, 0) is 0 Å². The van der Waals surface area contributed by atoms with E-state index in [0.29, 0.717) is 0 Å². The Kier molecular flexibility index (Phi) is 9.38. The second-order valence-electron chi connectivity index (χ2n) is 0.431. The van der Waals surface area contributed by atoms with Crippen LogP contribution in [-0.2, 0) is 4.57 Å². The van der Waals surface area contributed by atoms with E-state index in [1.807, 2.05) is 0 Å². The average Bonchev–Trinajstić information content (AvgIpc) is 0.722. The van der Waals surface area contributed by atoms with Crippen molar-refractivity contribution in [2.45, 2.75) is 0 Å². The molecule has 0 saturated heterocycles. The van der Waals surface area contributed by atoms with Crippen LogP contribution in [0.15, 0.2) is 0 Å². The fourth-order valence-corrected chi connectivity index (χ4v) is 0.